The van der Waals surface area contributed by atoms with Gasteiger partial charge in [-0.25, -0.2) is 0 Å². The summed E-state index contributed by atoms with van der Waals surface area (Å²) < 4.78 is 17.0. The molecule has 1 aliphatic rings. The molecule has 0 bridgehead atoms. The van der Waals surface area contributed by atoms with Gasteiger partial charge in [-0.2, -0.15) is 0 Å². The molecule has 3 aromatic rings. The lowest BCUT2D eigenvalue weighted by Crippen LogP contribution is -2.14. The van der Waals surface area contributed by atoms with Crippen LogP contribution in [0, 0.1) is 0 Å². The quantitative estimate of drug-likeness (QED) is 0.582. The Balaban J connectivity index is 1.57. The molecule has 0 fully saturated rings. The predicted molar refractivity (Wildman–Crippen MR) is 118 cm³/mol. The second-order valence-corrected chi connectivity index (χ2v) is 6.74. The average molecular weight is 418 g/mol. The number of rotatable bonds is 6. The van der Waals surface area contributed by atoms with Crippen molar-refractivity contribution in [3.63, 3.8) is 0 Å². The van der Waals surface area contributed by atoms with E-state index in [2.05, 4.69) is 10.6 Å². The SMILES string of the molecule is CCOc1ccc(C(=O)Nc2ccc3c(c2)C(=O)Nc2ccccc2O3)cc1OCC. The first kappa shape index (κ1) is 20.3. The molecular formula is C24H22N2O5. The molecule has 158 valence electrons. The largest absolute Gasteiger partial charge is 0.490 e. The van der Waals surface area contributed by atoms with Crippen LogP contribution in [0.15, 0.2) is 60.7 Å². The van der Waals surface area contributed by atoms with E-state index in [9.17, 15) is 9.59 Å². The number of amides is 2. The van der Waals surface area contributed by atoms with Crippen LogP contribution in [0.5, 0.6) is 23.0 Å². The highest BCUT2D eigenvalue weighted by Crippen LogP contribution is 2.36. The maximum atomic E-state index is 12.8. The van der Waals surface area contributed by atoms with E-state index in [-0.39, 0.29) is 11.8 Å². The number of ether oxygens (including phenoxy) is 3. The Kier molecular flexibility index (Phi) is 5.75. The Morgan fingerprint density at radius 3 is 2.52 bits per heavy atom. The lowest BCUT2D eigenvalue weighted by atomic mass is 10.1. The molecule has 7 nitrogen and oxygen atoms in total. The number of para-hydroxylation sites is 2. The Morgan fingerprint density at radius 2 is 1.71 bits per heavy atom. The van der Waals surface area contributed by atoms with Gasteiger partial charge in [-0.3, -0.25) is 9.59 Å². The smallest absolute Gasteiger partial charge is 0.259 e. The van der Waals surface area contributed by atoms with Crippen LogP contribution < -0.4 is 24.8 Å². The van der Waals surface area contributed by atoms with Crippen LogP contribution in [0.1, 0.15) is 34.6 Å². The predicted octanol–water partition coefficient (Wildman–Crippen LogP) is 5.09. The lowest BCUT2D eigenvalue weighted by Gasteiger charge is -2.13. The summed E-state index contributed by atoms with van der Waals surface area (Å²) in [7, 11) is 0. The minimum absolute atomic E-state index is 0.309. The molecule has 2 amide bonds. The number of hydrogen-bond donors (Lipinski definition) is 2. The summed E-state index contributed by atoms with van der Waals surface area (Å²) in [4.78, 5) is 25.5. The van der Waals surface area contributed by atoms with Crippen LogP contribution in [0.2, 0.25) is 0 Å². The van der Waals surface area contributed by atoms with Crippen molar-refractivity contribution in [1.82, 2.24) is 0 Å². The van der Waals surface area contributed by atoms with Gasteiger partial charge in [0.1, 0.15) is 5.75 Å². The third-order valence-corrected chi connectivity index (χ3v) is 4.64. The monoisotopic (exact) mass is 418 g/mol. The number of carbonyl (C=O) groups excluding carboxylic acids is 2. The topological polar surface area (TPSA) is 85.9 Å². The van der Waals surface area contributed by atoms with Crippen molar-refractivity contribution in [3.05, 3.63) is 71.8 Å². The molecule has 2 N–H and O–H groups in total. The highest BCUT2D eigenvalue weighted by Gasteiger charge is 2.21. The number of nitrogens with one attached hydrogen (secondary N) is 2. The van der Waals surface area contributed by atoms with Gasteiger partial charge in [0.15, 0.2) is 17.2 Å². The van der Waals surface area contributed by atoms with E-state index in [1.807, 2.05) is 26.0 Å². The van der Waals surface area contributed by atoms with E-state index >= 15 is 0 Å². The summed E-state index contributed by atoms with van der Waals surface area (Å²) >= 11 is 0. The van der Waals surface area contributed by atoms with Crippen molar-refractivity contribution in [3.8, 4) is 23.0 Å². The van der Waals surface area contributed by atoms with Crippen molar-refractivity contribution in [2.75, 3.05) is 23.8 Å². The van der Waals surface area contributed by atoms with Crippen molar-refractivity contribution >= 4 is 23.2 Å². The molecule has 1 aliphatic heterocycles. The Morgan fingerprint density at radius 1 is 0.935 bits per heavy atom. The van der Waals surface area contributed by atoms with E-state index in [4.69, 9.17) is 14.2 Å². The van der Waals surface area contributed by atoms with Crippen LogP contribution in [0.4, 0.5) is 11.4 Å². The standard InChI is InChI=1S/C24H22N2O5/c1-3-29-21-11-9-15(13-22(21)30-4-2)23(27)25-16-10-12-19-17(14-16)24(28)26-18-7-5-6-8-20(18)31-19/h5-14H,3-4H2,1-2H3,(H,25,27)(H,26,28). The van der Waals surface area contributed by atoms with Gasteiger partial charge in [0, 0.05) is 11.3 Å². The summed E-state index contributed by atoms with van der Waals surface area (Å²) in [6.45, 7) is 4.69. The summed E-state index contributed by atoms with van der Waals surface area (Å²) in [5, 5.41) is 5.64. The van der Waals surface area contributed by atoms with E-state index < -0.39 is 0 Å². The normalized spacial score (nSPS) is 11.9. The van der Waals surface area contributed by atoms with Crippen molar-refractivity contribution < 1.29 is 23.8 Å². The van der Waals surface area contributed by atoms with Crippen LogP contribution in [-0.2, 0) is 0 Å². The Labute approximate surface area is 179 Å². The lowest BCUT2D eigenvalue weighted by molar-refractivity contribution is 0.101. The molecule has 0 aliphatic carbocycles. The molecule has 0 radical (unpaired) electrons. The number of fused-ring (bicyclic) bond motifs is 2. The molecule has 0 unspecified atom stereocenters. The highest BCUT2D eigenvalue weighted by molar-refractivity contribution is 6.10. The van der Waals surface area contributed by atoms with Crippen molar-refractivity contribution in [2.45, 2.75) is 13.8 Å². The van der Waals surface area contributed by atoms with Gasteiger partial charge in [-0.1, -0.05) is 12.1 Å². The first-order valence-electron chi connectivity index (χ1n) is 10.0. The fraction of sp³-hybridized carbons (Fsp3) is 0.167. The molecule has 0 saturated carbocycles. The van der Waals surface area contributed by atoms with E-state index in [0.717, 1.165) is 0 Å². The van der Waals surface area contributed by atoms with Crippen LogP contribution in [0.3, 0.4) is 0 Å². The van der Waals surface area contributed by atoms with Gasteiger partial charge in [0.25, 0.3) is 11.8 Å². The molecule has 7 heteroatoms. The van der Waals surface area contributed by atoms with Gasteiger partial charge in [0.2, 0.25) is 0 Å². The zero-order valence-electron chi connectivity index (χ0n) is 17.2. The third-order valence-electron chi connectivity index (χ3n) is 4.64. The number of carbonyl (C=O) groups is 2. The van der Waals surface area contributed by atoms with Gasteiger partial charge < -0.3 is 24.8 Å². The number of benzene rings is 3. The van der Waals surface area contributed by atoms with Gasteiger partial charge in [0.05, 0.1) is 24.5 Å². The molecule has 0 aromatic heterocycles. The van der Waals surface area contributed by atoms with Crippen molar-refractivity contribution in [2.24, 2.45) is 0 Å². The first-order valence-corrected chi connectivity index (χ1v) is 10.0. The molecule has 0 atom stereocenters. The summed E-state index contributed by atoms with van der Waals surface area (Å²) in [6.07, 6.45) is 0. The Hall–Kier alpha value is -4.00. The van der Waals surface area contributed by atoms with Crippen LogP contribution >= 0.6 is 0 Å². The summed E-state index contributed by atoms with van der Waals surface area (Å²) in [5.41, 5.74) is 1.80. The van der Waals surface area contributed by atoms with Crippen molar-refractivity contribution in [1.29, 1.82) is 0 Å². The molecule has 3 aromatic carbocycles. The molecule has 4 rings (SSSR count). The molecule has 0 spiro atoms. The zero-order valence-corrected chi connectivity index (χ0v) is 17.2. The van der Waals surface area contributed by atoms with Crippen LogP contribution in [-0.4, -0.2) is 25.0 Å². The van der Waals surface area contributed by atoms with E-state index in [0.29, 0.717) is 58.7 Å². The molecule has 0 saturated heterocycles. The van der Waals surface area contributed by atoms with Crippen LogP contribution in [0.25, 0.3) is 0 Å². The van der Waals surface area contributed by atoms with E-state index in [1.165, 1.54) is 0 Å². The maximum Gasteiger partial charge on any atom is 0.259 e. The first-order chi connectivity index (χ1) is 15.1. The molecular weight excluding hydrogens is 396 g/mol. The summed E-state index contributed by atoms with van der Waals surface area (Å²) in [5.74, 6) is 1.42. The third kappa shape index (κ3) is 4.30. The fourth-order valence-corrected chi connectivity index (χ4v) is 3.24. The van der Waals surface area contributed by atoms with Gasteiger partial charge in [-0.15, -0.1) is 0 Å². The molecule has 31 heavy (non-hydrogen) atoms. The summed E-state index contributed by atoms with van der Waals surface area (Å²) in [6, 6.07) is 17.2. The second-order valence-electron chi connectivity index (χ2n) is 6.74. The second kappa shape index (κ2) is 8.79. The zero-order chi connectivity index (χ0) is 21.8. The van der Waals surface area contributed by atoms with Gasteiger partial charge in [-0.05, 0) is 62.4 Å². The minimum Gasteiger partial charge on any atom is -0.490 e. The fourth-order valence-electron chi connectivity index (χ4n) is 3.24. The minimum atomic E-state index is -0.331. The average Bonchev–Trinajstić information content (AvgIpc) is 2.91. The maximum absolute atomic E-state index is 12.8. The number of hydrogen-bond acceptors (Lipinski definition) is 5. The Bertz CT molecular complexity index is 1140. The highest BCUT2D eigenvalue weighted by atomic mass is 16.5. The van der Waals surface area contributed by atoms with Gasteiger partial charge >= 0.3 is 0 Å². The molecule has 1 heterocycles. The number of anilines is 2. The van der Waals surface area contributed by atoms with E-state index in [1.54, 1.807) is 48.5 Å².